The van der Waals surface area contributed by atoms with E-state index in [0.717, 1.165) is 0 Å². The number of carbonyl (C=O) groups is 1. The van der Waals surface area contributed by atoms with Gasteiger partial charge in [-0.05, 0) is 27.2 Å². The van der Waals surface area contributed by atoms with Crippen LogP contribution in [0.15, 0.2) is 0 Å². The standard InChI is InChI=1S/C8H17BrN2O4S/c1-4-15-7(12)10-16(13,14)11-8(2,3)5-6-9/h11H,4-6H2,1-3H3,(H,10,12). The first-order valence-electron chi connectivity index (χ1n) is 4.77. The predicted octanol–water partition coefficient (Wildman–Crippen LogP) is 1.13. The van der Waals surface area contributed by atoms with Crippen LogP contribution in [0.1, 0.15) is 27.2 Å². The third-order valence-corrected chi connectivity index (χ3v) is 3.28. The summed E-state index contributed by atoms with van der Waals surface area (Å²) in [6, 6.07) is 0. The van der Waals surface area contributed by atoms with Crippen molar-refractivity contribution in [2.45, 2.75) is 32.7 Å². The largest absolute Gasteiger partial charge is 0.449 e. The Balaban J connectivity index is 4.41. The maximum atomic E-state index is 11.5. The Bertz CT molecular complexity index is 329. The van der Waals surface area contributed by atoms with Crippen LogP contribution in [0.3, 0.4) is 0 Å². The second-order valence-electron chi connectivity index (χ2n) is 3.75. The van der Waals surface area contributed by atoms with Crippen LogP contribution in [-0.2, 0) is 14.9 Å². The first-order chi connectivity index (χ1) is 7.22. The molecule has 6 nitrogen and oxygen atoms in total. The molecule has 0 fully saturated rings. The van der Waals surface area contributed by atoms with Crippen LogP contribution in [0.5, 0.6) is 0 Å². The van der Waals surface area contributed by atoms with Crippen molar-refractivity contribution >= 4 is 32.2 Å². The Morgan fingerprint density at radius 3 is 2.44 bits per heavy atom. The minimum atomic E-state index is -3.88. The van der Waals surface area contributed by atoms with Gasteiger partial charge in [-0.1, -0.05) is 15.9 Å². The summed E-state index contributed by atoms with van der Waals surface area (Å²) in [4.78, 5) is 10.9. The molecule has 8 heteroatoms. The van der Waals surface area contributed by atoms with Gasteiger partial charge in [-0.25, -0.2) is 9.52 Å². The molecule has 0 saturated carbocycles. The zero-order valence-corrected chi connectivity index (χ0v) is 11.9. The van der Waals surface area contributed by atoms with Gasteiger partial charge in [0.05, 0.1) is 6.61 Å². The van der Waals surface area contributed by atoms with Crippen molar-refractivity contribution in [3.05, 3.63) is 0 Å². The van der Waals surface area contributed by atoms with Gasteiger partial charge >= 0.3 is 16.3 Å². The van der Waals surface area contributed by atoms with Gasteiger partial charge in [0.15, 0.2) is 0 Å². The lowest BCUT2D eigenvalue weighted by molar-refractivity contribution is 0.158. The number of hydrogen-bond acceptors (Lipinski definition) is 4. The van der Waals surface area contributed by atoms with Crippen LogP contribution in [-0.4, -0.2) is 32.0 Å². The number of nitrogens with one attached hydrogen (secondary N) is 2. The van der Waals surface area contributed by atoms with Crippen molar-refractivity contribution in [3.8, 4) is 0 Å². The van der Waals surface area contributed by atoms with E-state index in [9.17, 15) is 13.2 Å². The van der Waals surface area contributed by atoms with E-state index in [4.69, 9.17) is 0 Å². The van der Waals surface area contributed by atoms with E-state index >= 15 is 0 Å². The Hall–Kier alpha value is -0.340. The van der Waals surface area contributed by atoms with Crippen molar-refractivity contribution < 1.29 is 17.9 Å². The fourth-order valence-electron chi connectivity index (χ4n) is 0.947. The zero-order chi connectivity index (χ0) is 12.8. The van der Waals surface area contributed by atoms with Crippen LogP contribution in [0.4, 0.5) is 4.79 Å². The number of hydrogen-bond donors (Lipinski definition) is 2. The first-order valence-corrected chi connectivity index (χ1v) is 7.37. The minimum Gasteiger partial charge on any atom is -0.449 e. The fraction of sp³-hybridized carbons (Fsp3) is 0.875. The topological polar surface area (TPSA) is 84.5 Å². The average molecular weight is 317 g/mol. The molecule has 16 heavy (non-hydrogen) atoms. The molecule has 0 bridgehead atoms. The first kappa shape index (κ1) is 15.7. The van der Waals surface area contributed by atoms with E-state index in [0.29, 0.717) is 11.8 Å². The van der Waals surface area contributed by atoms with Crippen molar-refractivity contribution in [1.29, 1.82) is 0 Å². The number of halogens is 1. The Morgan fingerprint density at radius 2 is 2.00 bits per heavy atom. The molecular weight excluding hydrogens is 300 g/mol. The van der Waals surface area contributed by atoms with Gasteiger partial charge in [-0.15, -0.1) is 0 Å². The highest BCUT2D eigenvalue weighted by molar-refractivity contribution is 9.09. The molecule has 2 N–H and O–H groups in total. The maximum absolute atomic E-state index is 11.5. The second kappa shape index (κ2) is 6.41. The molecular formula is C8H17BrN2O4S. The molecule has 0 spiro atoms. The highest BCUT2D eigenvalue weighted by atomic mass is 79.9. The number of rotatable bonds is 6. The lowest BCUT2D eigenvalue weighted by atomic mass is 10.0. The van der Waals surface area contributed by atoms with E-state index in [1.165, 1.54) is 0 Å². The average Bonchev–Trinajstić information content (AvgIpc) is 1.99. The highest BCUT2D eigenvalue weighted by Gasteiger charge is 2.25. The zero-order valence-electron chi connectivity index (χ0n) is 9.54. The summed E-state index contributed by atoms with van der Waals surface area (Å²) in [5.74, 6) is 0. The van der Waals surface area contributed by atoms with Gasteiger partial charge in [0.1, 0.15) is 0 Å². The van der Waals surface area contributed by atoms with E-state index in [1.54, 1.807) is 25.5 Å². The summed E-state index contributed by atoms with van der Waals surface area (Å²) in [5, 5.41) is 0.655. The van der Waals surface area contributed by atoms with Crippen molar-refractivity contribution in [1.82, 2.24) is 9.44 Å². The van der Waals surface area contributed by atoms with Crippen LogP contribution in [0.25, 0.3) is 0 Å². The van der Waals surface area contributed by atoms with Crippen molar-refractivity contribution in [2.75, 3.05) is 11.9 Å². The van der Waals surface area contributed by atoms with Crippen LogP contribution >= 0.6 is 15.9 Å². The van der Waals surface area contributed by atoms with Crippen LogP contribution in [0, 0.1) is 0 Å². The third kappa shape index (κ3) is 7.02. The molecule has 0 aliphatic rings. The van der Waals surface area contributed by atoms with E-state index in [-0.39, 0.29) is 6.61 Å². The smallest absolute Gasteiger partial charge is 0.421 e. The summed E-state index contributed by atoms with van der Waals surface area (Å²) < 4.78 is 31.5. The Labute approximate surface area is 104 Å². The molecule has 0 heterocycles. The quantitative estimate of drug-likeness (QED) is 0.719. The minimum absolute atomic E-state index is 0.117. The molecule has 0 aromatic heterocycles. The summed E-state index contributed by atoms with van der Waals surface area (Å²) in [6.07, 6.45) is -0.388. The normalized spacial score (nSPS) is 12.2. The van der Waals surface area contributed by atoms with Crippen molar-refractivity contribution in [2.24, 2.45) is 0 Å². The molecule has 0 unspecified atom stereocenters. The van der Waals surface area contributed by atoms with Gasteiger partial charge in [-0.2, -0.15) is 13.1 Å². The number of ether oxygens (including phenoxy) is 1. The molecule has 0 aromatic rings. The van der Waals surface area contributed by atoms with E-state index in [2.05, 4.69) is 25.4 Å². The predicted molar refractivity (Wildman–Crippen MR) is 64.7 cm³/mol. The molecule has 0 aromatic carbocycles. The maximum Gasteiger partial charge on any atom is 0.421 e. The van der Waals surface area contributed by atoms with E-state index < -0.39 is 21.8 Å². The number of alkyl halides is 1. The highest BCUT2D eigenvalue weighted by Crippen LogP contribution is 2.10. The third-order valence-electron chi connectivity index (χ3n) is 1.62. The lowest BCUT2D eigenvalue weighted by Gasteiger charge is -2.24. The molecule has 0 aliphatic heterocycles. The fourth-order valence-corrected chi connectivity index (χ4v) is 3.10. The van der Waals surface area contributed by atoms with Crippen molar-refractivity contribution in [3.63, 3.8) is 0 Å². The van der Waals surface area contributed by atoms with Gasteiger partial charge in [-0.3, -0.25) is 0 Å². The second-order valence-corrected chi connectivity index (χ2v) is 5.96. The summed E-state index contributed by atoms with van der Waals surface area (Å²) >= 11 is 3.22. The monoisotopic (exact) mass is 316 g/mol. The Morgan fingerprint density at radius 1 is 1.44 bits per heavy atom. The van der Waals surface area contributed by atoms with Gasteiger partial charge in [0.25, 0.3) is 0 Å². The lowest BCUT2D eigenvalue weighted by Crippen LogP contribution is -2.50. The molecule has 0 radical (unpaired) electrons. The SMILES string of the molecule is CCOC(=O)NS(=O)(=O)NC(C)(C)CCBr. The van der Waals surface area contributed by atoms with Gasteiger partial charge in [0.2, 0.25) is 0 Å². The molecule has 0 saturated heterocycles. The summed E-state index contributed by atoms with van der Waals surface area (Å²) in [7, 11) is -3.88. The molecule has 0 rings (SSSR count). The van der Waals surface area contributed by atoms with Gasteiger partial charge in [0, 0.05) is 10.9 Å². The summed E-state index contributed by atoms with van der Waals surface area (Å²) in [5.41, 5.74) is -0.637. The van der Waals surface area contributed by atoms with Crippen LogP contribution in [0.2, 0.25) is 0 Å². The number of carbonyl (C=O) groups excluding carboxylic acids is 1. The molecule has 0 aliphatic carbocycles. The molecule has 96 valence electrons. The Kier molecular flexibility index (Phi) is 6.27. The van der Waals surface area contributed by atoms with Gasteiger partial charge < -0.3 is 4.74 Å². The molecule has 1 amide bonds. The molecule has 0 atom stereocenters. The number of amides is 1. The van der Waals surface area contributed by atoms with Crippen LogP contribution < -0.4 is 9.44 Å². The van der Waals surface area contributed by atoms with E-state index in [1.807, 2.05) is 0 Å². The summed E-state index contributed by atoms with van der Waals surface area (Å²) in [6.45, 7) is 5.15.